The number of nitrogens with zero attached hydrogens (tertiary/aromatic N) is 3. The van der Waals surface area contributed by atoms with Crippen molar-refractivity contribution >= 4 is 54.3 Å². The van der Waals surface area contributed by atoms with Crippen LogP contribution >= 0.6 is 0 Å². The van der Waals surface area contributed by atoms with Crippen molar-refractivity contribution in [3.63, 3.8) is 0 Å². The number of para-hydroxylation sites is 1. The summed E-state index contributed by atoms with van der Waals surface area (Å²) in [5.74, 6) is 1.83. The molecule has 9 aromatic carbocycles. The lowest BCUT2D eigenvalue weighted by Gasteiger charge is -2.15. The van der Waals surface area contributed by atoms with Gasteiger partial charge in [-0.15, -0.1) is 0 Å². The highest BCUT2D eigenvalue weighted by Crippen LogP contribution is 2.44. The predicted octanol–water partition coefficient (Wildman–Crippen LogP) is 13.0. The molecular weight excluding hydrogens is 647 g/mol. The van der Waals surface area contributed by atoms with Crippen molar-refractivity contribution in [3.05, 3.63) is 176 Å². The summed E-state index contributed by atoms with van der Waals surface area (Å²) >= 11 is 0. The molecule has 0 atom stereocenters. The lowest BCUT2D eigenvalue weighted by molar-refractivity contribution is 0.670. The van der Waals surface area contributed by atoms with E-state index in [4.69, 9.17) is 19.4 Å². The lowest BCUT2D eigenvalue weighted by Crippen LogP contribution is -2.01. The van der Waals surface area contributed by atoms with Gasteiger partial charge < -0.3 is 4.42 Å². The standard InChI is InChI=1S/C49H29N3O/c1-3-10-35(11-4-1)47-50-48(36-12-5-2-6-13-36)52-49(51-47)41-29-28-40-38-16-7-8-17-42(38)53-46(40)45(41)34-20-18-30(19-21-34)37-26-24-33-23-22-31-14-9-15-32-25-27-39(37)44(33)43(31)32/h1-29H. The number of furan rings is 1. The van der Waals surface area contributed by atoms with Gasteiger partial charge in [0.2, 0.25) is 0 Å². The van der Waals surface area contributed by atoms with Gasteiger partial charge in [0.05, 0.1) is 0 Å². The molecule has 4 nitrogen and oxygen atoms in total. The molecule has 53 heavy (non-hydrogen) atoms. The van der Waals surface area contributed by atoms with E-state index in [2.05, 4.69) is 103 Å². The van der Waals surface area contributed by atoms with Crippen LogP contribution in [0.4, 0.5) is 0 Å². The summed E-state index contributed by atoms with van der Waals surface area (Å²) < 4.78 is 6.70. The molecule has 0 unspecified atom stereocenters. The fraction of sp³-hybridized carbons (Fsp3) is 0. The van der Waals surface area contributed by atoms with Crippen molar-refractivity contribution in [2.45, 2.75) is 0 Å². The zero-order chi connectivity index (χ0) is 34.9. The van der Waals surface area contributed by atoms with Gasteiger partial charge in [0, 0.05) is 33.0 Å². The highest BCUT2D eigenvalue weighted by molar-refractivity contribution is 6.25. The van der Waals surface area contributed by atoms with Crippen molar-refractivity contribution in [1.29, 1.82) is 0 Å². The molecule has 0 saturated heterocycles. The van der Waals surface area contributed by atoms with Crippen molar-refractivity contribution < 1.29 is 4.42 Å². The second-order valence-corrected chi connectivity index (χ2v) is 13.5. The second-order valence-electron chi connectivity index (χ2n) is 13.5. The summed E-state index contributed by atoms with van der Waals surface area (Å²) in [4.78, 5) is 15.2. The monoisotopic (exact) mass is 675 g/mol. The number of benzene rings is 9. The van der Waals surface area contributed by atoms with E-state index >= 15 is 0 Å². The molecule has 0 saturated carbocycles. The Morgan fingerprint density at radius 3 is 1.58 bits per heavy atom. The molecule has 0 aliphatic carbocycles. The zero-order valence-electron chi connectivity index (χ0n) is 28.5. The van der Waals surface area contributed by atoms with Crippen LogP contribution in [0.1, 0.15) is 0 Å². The summed E-state index contributed by atoms with van der Waals surface area (Å²) in [6.07, 6.45) is 0. The fourth-order valence-corrected chi connectivity index (χ4v) is 7.99. The molecule has 0 N–H and O–H groups in total. The molecule has 4 heteroatoms. The summed E-state index contributed by atoms with van der Waals surface area (Å²) in [5.41, 5.74) is 8.72. The highest BCUT2D eigenvalue weighted by Gasteiger charge is 2.21. The number of rotatable bonds is 5. The fourth-order valence-electron chi connectivity index (χ4n) is 7.99. The predicted molar refractivity (Wildman–Crippen MR) is 218 cm³/mol. The van der Waals surface area contributed by atoms with E-state index in [0.29, 0.717) is 17.5 Å². The lowest BCUT2D eigenvalue weighted by atomic mass is 9.89. The maximum absolute atomic E-state index is 6.70. The van der Waals surface area contributed by atoms with Gasteiger partial charge in [0.15, 0.2) is 17.5 Å². The molecule has 0 fully saturated rings. The molecule has 0 bridgehead atoms. The van der Waals surface area contributed by atoms with E-state index in [0.717, 1.165) is 55.3 Å². The van der Waals surface area contributed by atoms with Crippen LogP contribution in [0.15, 0.2) is 180 Å². The minimum atomic E-state index is 0.589. The molecule has 11 rings (SSSR count). The van der Waals surface area contributed by atoms with Crippen molar-refractivity contribution in [1.82, 2.24) is 15.0 Å². The van der Waals surface area contributed by atoms with Gasteiger partial charge in [0.25, 0.3) is 0 Å². The molecule has 0 amide bonds. The Morgan fingerprint density at radius 1 is 0.321 bits per heavy atom. The summed E-state index contributed by atoms with van der Waals surface area (Å²) in [6, 6.07) is 61.6. The Bertz CT molecular complexity index is 3080. The average Bonchev–Trinajstić information content (AvgIpc) is 3.62. The maximum atomic E-state index is 6.70. The Kier molecular flexibility index (Phi) is 6.52. The van der Waals surface area contributed by atoms with Crippen LogP contribution < -0.4 is 0 Å². The van der Waals surface area contributed by atoms with Gasteiger partial charge in [-0.25, -0.2) is 15.0 Å². The Labute approximate surface area is 305 Å². The van der Waals surface area contributed by atoms with Gasteiger partial charge in [0.1, 0.15) is 11.2 Å². The van der Waals surface area contributed by atoms with E-state index in [1.807, 2.05) is 72.8 Å². The van der Waals surface area contributed by atoms with E-state index in [1.54, 1.807) is 0 Å². The third kappa shape index (κ3) is 4.73. The SMILES string of the molecule is c1ccc(-c2nc(-c3ccccc3)nc(-c3ccc4c(oc5ccccc54)c3-c3ccc(-c4ccc5ccc6cccc7ccc4c5c67)cc3)n2)cc1. The first kappa shape index (κ1) is 29.5. The Balaban J connectivity index is 1.13. The summed E-state index contributed by atoms with van der Waals surface area (Å²) in [7, 11) is 0. The Hall–Kier alpha value is -7.17. The van der Waals surface area contributed by atoms with Crippen LogP contribution in [0.3, 0.4) is 0 Å². The highest BCUT2D eigenvalue weighted by atomic mass is 16.3. The van der Waals surface area contributed by atoms with Crippen molar-refractivity contribution in [2.75, 3.05) is 0 Å². The van der Waals surface area contributed by atoms with Crippen LogP contribution in [0.5, 0.6) is 0 Å². The van der Waals surface area contributed by atoms with E-state index in [-0.39, 0.29) is 0 Å². The average molecular weight is 676 g/mol. The molecule has 0 radical (unpaired) electrons. The van der Waals surface area contributed by atoms with Gasteiger partial charge in [-0.3, -0.25) is 0 Å². The first-order valence-corrected chi connectivity index (χ1v) is 17.9. The van der Waals surface area contributed by atoms with Crippen molar-refractivity contribution in [3.8, 4) is 56.4 Å². The summed E-state index contributed by atoms with van der Waals surface area (Å²) in [6.45, 7) is 0. The largest absolute Gasteiger partial charge is 0.455 e. The molecule has 0 spiro atoms. The first-order valence-electron chi connectivity index (χ1n) is 17.9. The number of hydrogen-bond acceptors (Lipinski definition) is 4. The van der Waals surface area contributed by atoms with Crippen LogP contribution in [0, 0.1) is 0 Å². The molecular formula is C49H29N3O. The van der Waals surface area contributed by atoms with E-state index in [9.17, 15) is 0 Å². The summed E-state index contributed by atoms with van der Waals surface area (Å²) in [5, 5.41) is 9.81. The first-order chi connectivity index (χ1) is 26.3. The van der Waals surface area contributed by atoms with Gasteiger partial charge in [-0.05, 0) is 67.2 Å². The smallest absolute Gasteiger partial charge is 0.164 e. The van der Waals surface area contributed by atoms with Crippen LogP contribution in [0.2, 0.25) is 0 Å². The molecule has 0 aliphatic rings. The third-order valence-corrected chi connectivity index (χ3v) is 10.5. The maximum Gasteiger partial charge on any atom is 0.164 e. The van der Waals surface area contributed by atoms with Crippen LogP contribution in [0.25, 0.3) is 111 Å². The quantitative estimate of drug-likeness (QED) is 0.170. The molecule has 11 aromatic rings. The van der Waals surface area contributed by atoms with E-state index < -0.39 is 0 Å². The van der Waals surface area contributed by atoms with Gasteiger partial charge in [-0.2, -0.15) is 0 Å². The van der Waals surface area contributed by atoms with Gasteiger partial charge >= 0.3 is 0 Å². The molecule has 0 aliphatic heterocycles. The third-order valence-electron chi connectivity index (χ3n) is 10.5. The van der Waals surface area contributed by atoms with E-state index in [1.165, 1.54) is 37.9 Å². The minimum absolute atomic E-state index is 0.589. The van der Waals surface area contributed by atoms with Gasteiger partial charge in [-0.1, -0.05) is 158 Å². The number of aromatic nitrogens is 3. The zero-order valence-corrected chi connectivity index (χ0v) is 28.5. The topological polar surface area (TPSA) is 51.8 Å². The number of fused-ring (bicyclic) bond motifs is 3. The molecule has 2 aromatic heterocycles. The second kappa shape index (κ2) is 11.7. The van der Waals surface area contributed by atoms with Crippen molar-refractivity contribution in [2.24, 2.45) is 0 Å². The molecule has 246 valence electrons. The minimum Gasteiger partial charge on any atom is -0.455 e. The molecule has 2 heterocycles. The normalized spacial score (nSPS) is 11.8. The Morgan fingerprint density at radius 2 is 0.868 bits per heavy atom. The number of hydrogen-bond donors (Lipinski definition) is 0. The van der Waals surface area contributed by atoms with Crippen LogP contribution in [-0.2, 0) is 0 Å². The van der Waals surface area contributed by atoms with Crippen LogP contribution in [-0.4, -0.2) is 15.0 Å².